The Labute approximate surface area is 141 Å². The number of piperidine rings is 1. The highest BCUT2D eigenvalue weighted by Gasteiger charge is 2.35. The third kappa shape index (κ3) is 3.38. The van der Waals surface area contributed by atoms with Crippen molar-refractivity contribution in [1.29, 1.82) is 5.26 Å². The van der Waals surface area contributed by atoms with Crippen LogP contribution in [0.4, 0.5) is 13.2 Å². The number of alkyl halides is 3. The Hall–Kier alpha value is -2.76. The summed E-state index contributed by atoms with van der Waals surface area (Å²) in [6, 6.07) is 3.22. The van der Waals surface area contributed by atoms with Crippen LogP contribution in [0.25, 0.3) is 0 Å². The third-order valence-electron chi connectivity index (χ3n) is 4.25. The molecule has 1 saturated heterocycles. The lowest BCUT2D eigenvalue weighted by Crippen LogP contribution is -2.39. The number of aromatic amines is 1. The molecule has 3 heterocycles. The monoisotopic (exact) mass is 352 g/mol. The number of hydrogen-bond donors (Lipinski definition) is 1. The van der Waals surface area contributed by atoms with Crippen molar-refractivity contribution in [3.05, 3.63) is 40.9 Å². The Balaban J connectivity index is 1.77. The Morgan fingerprint density at radius 2 is 2.28 bits per heavy atom. The molecule has 2 aromatic rings. The van der Waals surface area contributed by atoms with Crippen molar-refractivity contribution in [3.63, 3.8) is 0 Å². The fraction of sp³-hybridized carbons (Fsp3) is 0.438. The van der Waals surface area contributed by atoms with Gasteiger partial charge in [-0.2, -0.15) is 18.4 Å². The van der Waals surface area contributed by atoms with E-state index in [1.54, 1.807) is 11.8 Å². The molecule has 3 rings (SSSR count). The van der Waals surface area contributed by atoms with Crippen LogP contribution in [0.5, 0.6) is 0 Å². The first-order valence-electron chi connectivity index (χ1n) is 7.71. The summed E-state index contributed by atoms with van der Waals surface area (Å²) >= 11 is 0. The van der Waals surface area contributed by atoms with Gasteiger partial charge in [0, 0.05) is 25.1 Å². The number of nitriles is 1. The van der Waals surface area contributed by atoms with Crippen LogP contribution in [0.3, 0.4) is 0 Å². The molecule has 1 N–H and O–H groups in total. The van der Waals surface area contributed by atoms with E-state index < -0.39 is 11.9 Å². The van der Waals surface area contributed by atoms with Crippen molar-refractivity contribution in [2.24, 2.45) is 0 Å². The predicted molar refractivity (Wildman–Crippen MR) is 79.6 cm³/mol. The molecule has 1 aliphatic rings. The number of hydrogen-bond acceptors (Lipinski definition) is 4. The molecule has 1 aliphatic heterocycles. The number of nitrogens with one attached hydrogen (secondary N) is 1. The molecule has 0 aliphatic carbocycles. The topological polar surface area (TPSA) is 85.9 Å². The number of amides is 1. The maximum absolute atomic E-state index is 12.7. The molecule has 1 atom stereocenters. The van der Waals surface area contributed by atoms with Gasteiger partial charge in [-0.15, -0.1) is 0 Å². The van der Waals surface area contributed by atoms with Crippen molar-refractivity contribution < 1.29 is 22.4 Å². The summed E-state index contributed by atoms with van der Waals surface area (Å²) in [7, 11) is 0. The summed E-state index contributed by atoms with van der Waals surface area (Å²) in [5, 5.41) is 8.85. The molecular weight excluding hydrogens is 337 g/mol. The maximum Gasteiger partial charge on any atom is 0.432 e. The van der Waals surface area contributed by atoms with E-state index in [2.05, 4.69) is 9.97 Å². The van der Waals surface area contributed by atoms with Crippen LogP contribution >= 0.6 is 0 Å². The lowest BCUT2D eigenvalue weighted by atomic mass is 9.96. The molecule has 0 spiro atoms. The van der Waals surface area contributed by atoms with E-state index in [0.29, 0.717) is 30.7 Å². The summed E-state index contributed by atoms with van der Waals surface area (Å²) in [5.74, 6) is 0.0363. The number of aryl methyl sites for hydroxylation is 1. The van der Waals surface area contributed by atoms with Gasteiger partial charge in [-0.1, -0.05) is 0 Å². The third-order valence-corrected chi connectivity index (χ3v) is 4.25. The molecule has 0 radical (unpaired) electrons. The molecule has 0 bridgehead atoms. The van der Waals surface area contributed by atoms with Gasteiger partial charge in [0.1, 0.15) is 23.3 Å². The normalized spacial score (nSPS) is 18.2. The van der Waals surface area contributed by atoms with Crippen LogP contribution in [0.2, 0.25) is 0 Å². The van der Waals surface area contributed by atoms with Gasteiger partial charge < -0.3 is 14.3 Å². The fourth-order valence-electron chi connectivity index (χ4n) is 2.99. The lowest BCUT2D eigenvalue weighted by molar-refractivity contribution is -0.141. The molecule has 9 heteroatoms. The lowest BCUT2D eigenvalue weighted by Gasteiger charge is -2.31. The van der Waals surface area contributed by atoms with Crippen LogP contribution in [0, 0.1) is 18.3 Å². The SMILES string of the molecule is Cc1oc(C#N)cc1C(=O)N1CCC[C@H](c2ncc(C(F)(F)F)[nH]2)C1. The molecule has 2 aromatic heterocycles. The van der Waals surface area contributed by atoms with Crippen molar-refractivity contribution >= 4 is 5.91 Å². The Kier molecular flexibility index (Phi) is 4.29. The van der Waals surface area contributed by atoms with E-state index in [1.165, 1.54) is 6.07 Å². The molecule has 1 amide bonds. The van der Waals surface area contributed by atoms with Gasteiger partial charge in [0.05, 0.1) is 11.8 Å². The van der Waals surface area contributed by atoms with Crippen molar-refractivity contribution in [1.82, 2.24) is 14.9 Å². The smallest absolute Gasteiger partial charge is 0.432 e. The highest BCUT2D eigenvalue weighted by Crippen LogP contribution is 2.31. The second kappa shape index (κ2) is 6.27. The van der Waals surface area contributed by atoms with Crippen LogP contribution < -0.4 is 0 Å². The van der Waals surface area contributed by atoms with Gasteiger partial charge in [-0.3, -0.25) is 4.79 Å². The first-order chi connectivity index (χ1) is 11.8. The average molecular weight is 352 g/mol. The summed E-state index contributed by atoms with van der Waals surface area (Å²) in [6.07, 6.45) is -2.41. The summed E-state index contributed by atoms with van der Waals surface area (Å²) in [4.78, 5) is 20.3. The number of carbonyl (C=O) groups is 1. The van der Waals surface area contributed by atoms with Gasteiger partial charge >= 0.3 is 6.18 Å². The number of aromatic nitrogens is 2. The zero-order chi connectivity index (χ0) is 18.2. The minimum Gasteiger partial charge on any atom is -0.450 e. The van der Waals surface area contributed by atoms with E-state index in [0.717, 1.165) is 6.20 Å². The minimum atomic E-state index is -4.48. The number of nitrogens with zero attached hydrogens (tertiary/aromatic N) is 3. The number of rotatable bonds is 2. The predicted octanol–water partition coefficient (Wildman–Crippen LogP) is 3.22. The van der Waals surface area contributed by atoms with Crippen molar-refractivity contribution in [2.75, 3.05) is 13.1 Å². The first-order valence-corrected chi connectivity index (χ1v) is 7.71. The van der Waals surface area contributed by atoms with E-state index in [9.17, 15) is 18.0 Å². The Morgan fingerprint density at radius 3 is 2.88 bits per heavy atom. The van der Waals surface area contributed by atoms with Crippen LogP contribution in [-0.2, 0) is 6.18 Å². The van der Waals surface area contributed by atoms with Crippen LogP contribution in [0.15, 0.2) is 16.7 Å². The highest BCUT2D eigenvalue weighted by molar-refractivity contribution is 5.95. The quantitative estimate of drug-likeness (QED) is 0.899. The van der Waals surface area contributed by atoms with Crippen molar-refractivity contribution in [2.45, 2.75) is 31.9 Å². The molecular formula is C16H15F3N4O2. The van der Waals surface area contributed by atoms with Gasteiger partial charge in [0.15, 0.2) is 0 Å². The molecule has 25 heavy (non-hydrogen) atoms. The van der Waals surface area contributed by atoms with Gasteiger partial charge in [0.2, 0.25) is 5.76 Å². The van der Waals surface area contributed by atoms with Gasteiger partial charge in [-0.05, 0) is 19.8 Å². The number of halogens is 3. The number of likely N-dealkylation sites (tertiary alicyclic amines) is 1. The molecule has 0 unspecified atom stereocenters. The Morgan fingerprint density at radius 1 is 1.52 bits per heavy atom. The number of carbonyl (C=O) groups excluding carboxylic acids is 1. The van der Waals surface area contributed by atoms with E-state index in [4.69, 9.17) is 9.68 Å². The average Bonchev–Trinajstić information content (AvgIpc) is 3.21. The zero-order valence-corrected chi connectivity index (χ0v) is 13.4. The van der Waals surface area contributed by atoms with E-state index >= 15 is 0 Å². The van der Waals surface area contributed by atoms with E-state index in [-0.39, 0.29) is 30.0 Å². The number of imidazole rings is 1. The molecule has 0 aromatic carbocycles. The molecule has 0 saturated carbocycles. The number of furan rings is 1. The van der Waals surface area contributed by atoms with Crippen LogP contribution in [0.1, 0.15) is 52.2 Å². The summed E-state index contributed by atoms with van der Waals surface area (Å²) in [6.45, 7) is 2.35. The maximum atomic E-state index is 12.7. The van der Waals surface area contributed by atoms with Crippen molar-refractivity contribution in [3.8, 4) is 6.07 Å². The molecule has 6 nitrogen and oxygen atoms in total. The van der Waals surface area contributed by atoms with Gasteiger partial charge in [0.25, 0.3) is 5.91 Å². The number of H-pyrrole nitrogens is 1. The summed E-state index contributed by atoms with van der Waals surface area (Å²) < 4.78 is 43.3. The highest BCUT2D eigenvalue weighted by atomic mass is 19.4. The second-order valence-corrected chi connectivity index (χ2v) is 5.96. The zero-order valence-electron chi connectivity index (χ0n) is 13.4. The second-order valence-electron chi connectivity index (χ2n) is 5.96. The molecule has 1 fully saturated rings. The Bertz CT molecular complexity index is 831. The standard InChI is InChI=1S/C16H15F3N4O2/c1-9-12(5-11(6-20)25-9)15(24)23-4-2-3-10(8-23)14-21-7-13(22-14)16(17,18)19/h5,7,10H,2-4,8H2,1H3,(H,21,22)/t10-/m0/s1. The fourth-order valence-corrected chi connectivity index (χ4v) is 2.99. The first kappa shape index (κ1) is 17.1. The molecule has 132 valence electrons. The minimum absolute atomic E-state index is 0.0512. The van der Waals surface area contributed by atoms with Gasteiger partial charge in [-0.25, -0.2) is 4.98 Å². The van der Waals surface area contributed by atoms with Crippen LogP contribution in [-0.4, -0.2) is 33.9 Å². The van der Waals surface area contributed by atoms with E-state index in [1.807, 2.05) is 6.07 Å². The summed E-state index contributed by atoms with van der Waals surface area (Å²) in [5.41, 5.74) is -0.595. The largest absolute Gasteiger partial charge is 0.450 e.